The quantitative estimate of drug-likeness (QED) is 0.742. The fraction of sp³-hybridized carbons (Fsp3) is 0.533. The van der Waals surface area contributed by atoms with E-state index in [4.69, 9.17) is 4.74 Å². The Bertz CT molecular complexity index is 646. The average Bonchev–Trinajstić information content (AvgIpc) is 3.00. The molecule has 1 fully saturated rings. The summed E-state index contributed by atoms with van der Waals surface area (Å²) in [5.74, 6) is -0.220. The van der Waals surface area contributed by atoms with E-state index in [0.29, 0.717) is 12.2 Å². The number of anilines is 1. The van der Waals surface area contributed by atoms with Crippen molar-refractivity contribution in [3.63, 3.8) is 0 Å². The molecule has 0 aliphatic carbocycles. The van der Waals surface area contributed by atoms with Crippen LogP contribution in [0.25, 0.3) is 0 Å². The molecular weight excluding hydrogens is 354 g/mol. The molecule has 0 spiro atoms. The Morgan fingerprint density at radius 2 is 2.12 bits per heavy atom. The van der Waals surface area contributed by atoms with Crippen LogP contribution in [0.1, 0.15) is 12.8 Å². The zero-order chi connectivity index (χ0) is 16.9. The number of rotatable bonds is 7. The van der Waals surface area contributed by atoms with Crippen LogP contribution in [0.4, 0.5) is 5.69 Å². The van der Waals surface area contributed by atoms with Crippen LogP contribution < -0.4 is 10.6 Å². The lowest BCUT2D eigenvalue weighted by Crippen LogP contribution is -2.33. The Labute approximate surface area is 149 Å². The number of benzene rings is 1. The van der Waals surface area contributed by atoms with E-state index >= 15 is 0 Å². The van der Waals surface area contributed by atoms with Gasteiger partial charge in [0.05, 0.1) is 17.5 Å². The van der Waals surface area contributed by atoms with Gasteiger partial charge in [-0.2, -0.15) is 0 Å². The molecule has 1 heterocycles. The number of hydrogen-bond donors (Lipinski definition) is 2. The second kappa shape index (κ2) is 9.33. The Morgan fingerprint density at radius 1 is 1.38 bits per heavy atom. The van der Waals surface area contributed by atoms with Crippen LogP contribution >= 0.6 is 12.4 Å². The topological polar surface area (TPSA) is 87.7 Å². The third kappa shape index (κ3) is 5.71. The number of halogens is 1. The summed E-state index contributed by atoms with van der Waals surface area (Å²) in [6.07, 6.45) is 2.25. The number of nitrogens with one attached hydrogen (secondary N) is 2. The summed E-state index contributed by atoms with van der Waals surface area (Å²) in [6.45, 7) is 1.58. The lowest BCUT2D eigenvalue weighted by atomic mass is 10.2. The first-order valence-corrected chi connectivity index (χ1v) is 8.98. The lowest BCUT2D eigenvalue weighted by Gasteiger charge is -2.13. The first-order valence-electron chi connectivity index (χ1n) is 7.54. The van der Waals surface area contributed by atoms with Crippen molar-refractivity contribution in [1.29, 1.82) is 0 Å². The van der Waals surface area contributed by atoms with Crippen LogP contribution in [-0.2, 0) is 19.6 Å². The number of hydrogen-bond acceptors (Lipinski definition) is 5. The summed E-state index contributed by atoms with van der Waals surface area (Å²) in [5.41, 5.74) is 0.455. The maximum Gasteiger partial charge on any atom is 0.242 e. The highest BCUT2D eigenvalue weighted by Gasteiger charge is 2.18. The van der Waals surface area contributed by atoms with Crippen LogP contribution in [0, 0.1) is 0 Å². The molecule has 136 valence electrons. The van der Waals surface area contributed by atoms with Crippen molar-refractivity contribution in [2.24, 2.45) is 0 Å². The minimum absolute atomic E-state index is 0. The highest BCUT2D eigenvalue weighted by Crippen LogP contribution is 2.17. The van der Waals surface area contributed by atoms with Gasteiger partial charge in [-0.25, -0.2) is 12.7 Å². The van der Waals surface area contributed by atoms with Crippen molar-refractivity contribution in [3.8, 4) is 0 Å². The maximum atomic E-state index is 12.1. The van der Waals surface area contributed by atoms with Crippen molar-refractivity contribution < 1.29 is 17.9 Å². The van der Waals surface area contributed by atoms with E-state index in [0.717, 1.165) is 23.8 Å². The molecule has 24 heavy (non-hydrogen) atoms. The van der Waals surface area contributed by atoms with E-state index in [1.54, 1.807) is 12.1 Å². The Kier molecular flexibility index (Phi) is 8.11. The Morgan fingerprint density at radius 3 is 2.75 bits per heavy atom. The molecule has 0 saturated carbocycles. The Balaban J connectivity index is 0.00000288. The van der Waals surface area contributed by atoms with E-state index in [-0.39, 0.29) is 35.9 Å². The maximum absolute atomic E-state index is 12.1. The van der Waals surface area contributed by atoms with E-state index in [1.165, 1.54) is 26.2 Å². The van der Waals surface area contributed by atoms with Gasteiger partial charge in [0, 0.05) is 32.9 Å². The highest BCUT2D eigenvalue weighted by molar-refractivity contribution is 7.89. The number of amides is 1. The average molecular weight is 378 g/mol. The lowest BCUT2D eigenvalue weighted by molar-refractivity contribution is -0.115. The highest BCUT2D eigenvalue weighted by atomic mass is 35.5. The second-order valence-corrected chi connectivity index (χ2v) is 7.78. The van der Waals surface area contributed by atoms with E-state index in [1.807, 2.05) is 0 Å². The zero-order valence-electron chi connectivity index (χ0n) is 13.8. The molecule has 1 aromatic carbocycles. The van der Waals surface area contributed by atoms with Crippen molar-refractivity contribution in [3.05, 3.63) is 24.3 Å². The molecule has 1 aliphatic heterocycles. The number of nitrogens with zero attached hydrogens (tertiary/aromatic N) is 1. The molecule has 0 aromatic heterocycles. The minimum Gasteiger partial charge on any atom is -0.377 e. The largest absolute Gasteiger partial charge is 0.377 e. The van der Waals surface area contributed by atoms with Crippen LogP contribution in [0.5, 0.6) is 0 Å². The van der Waals surface area contributed by atoms with Crippen molar-refractivity contribution >= 4 is 34.0 Å². The predicted octanol–water partition coefficient (Wildman–Crippen LogP) is 1.07. The van der Waals surface area contributed by atoms with E-state index in [2.05, 4.69) is 10.6 Å². The summed E-state index contributed by atoms with van der Waals surface area (Å²) in [7, 11) is -0.578. The molecule has 9 heteroatoms. The van der Waals surface area contributed by atoms with Crippen LogP contribution in [-0.4, -0.2) is 58.5 Å². The van der Waals surface area contributed by atoms with E-state index in [9.17, 15) is 13.2 Å². The molecule has 1 aliphatic rings. The zero-order valence-corrected chi connectivity index (χ0v) is 15.5. The van der Waals surface area contributed by atoms with Gasteiger partial charge in [-0.3, -0.25) is 4.79 Å². The first kappa shape index (κ1) is 20.9. The van der Waals surface area contributed by atoms with Crippen LogP contribution in [0.15, 0.2) is 29.2 Å². The molecule has 1 unspecified atom stereocenters. The van der Waals surface area contributed by atoms with Gasteiger partial charge in [0.15, 0.2) is 0 Å². The van der Waals surface area contributed by atoms with Gasteiger partial charge in [0.1, 0.15) is 0 Å². The van der Waals surface area contributed by atoms with Crippen LogP contribution in [0.2, 0.25) is 0 Å². The molecule has 1 amide bonds. The summed E-state index contributed by atoms with van der Waals surface area (Å²) in [4.78, 5) is 12.1. The number of carbonyl (C=O) groups is 1. The third-order valence-electron chi connectivity index (χ3n) is 3.58. The molecule has 0 radical (unpaired) electrons. The van der Waals surface area contributed by atoms with Crippen molar-refractivity contribution in [2.75, 3.05) is 39.1 Å². The van der Waals surface area contributed by atoms with Crippen molar-refractivity contribution in [1.82, 2.24) is 9.62 Å². The molecule has 7 nitrogen and oxygen atoms in total. The molecule has 1 atom stereocenters. The Hall–Kier alpha value is -1.19. The molecular formula is C15H24ClN3O4S. The van der Waals surface area contributed by atoms with Gasteiger partial charge in [0.25, 0.3) is 0 Å². The summed E-state index contributed by atoms with van der Waals surface area (Å²) >= 11 is 0. The van der Waals surface area contributed by atoms with Gasteiger partial charge in [-0.1, -0.05) is 6.07 Å². The number of sulfonamides is 1. The van der Waals surface area contributed by atoms with Gasteiger partial charge < -0.3 is 15.4 Å². The standard InChI is InChI=1S/C15H23N3O4S.ClH/c1-18(2)23(20,21)14-7-3-5-12(9-14)17-15(19)11-16-10-13-6-4-8-22-13;/h3,5,7,9,13,16H,4,6,8,10-11H2,1-2H3,(H,17,19);1H. The van der Waals surface area contributed by atoms with Gasteiger partial charge in [0.2, 0.25) is 15.9 Å². The van der Waals surface area contributed by atoms with Gasteiger partial charge in [-0.05, 0) is 31.0 Å². The molecule has 2 N–H and O–H groups in total. The summed E-state index contributed by atoms with van der Waals surface area (Å²) in [6, 6.07) is 6.21. The van der Waals surface area contributed by atoms with Gasteiger partial charge >= 0.3 is 0 Å². The number of carbonyl (C=O) groups excluding carboxylic acids is 1. The van der Waals surface area contributed by atoms with Crippen molar-refractivity contribution in [2.45, 2.75) is 23.8 Å². The summed E-state index contributed by atoms with van der Waals surface area (Å²) < 4.78 is 30.8. The minimum atomic E-state index is -3.51. The summed E-state index contributed by atoms with van der Waals surface area (Å²) in [5, 5.41) is 5.74. The molecule has 1 aromatic rings. The normalized spacial score (nSPS) is 17.5. The van der Waals surface area contributed by atoms with E-state index < -0.39 is 10.0 Å². The fourth-order valence-corrected chi connectivity index (χ4v) is 3.25. The molecule has 2 rings (SSSR count). The van der Waals surface area contributed by atoms with Gasteiger partial charge in [-0.15, -0.1) is 12.4 Å². The monoisotopic (exact) mass is 377 g/mol. The third-order valence-corrected chi connectivity index (χ3v) is 5.39. The smallest absolute Gasteiger partial charge is 0.242 e. The number of ether oxygens (including phenoxy) is 1. The van der Waals surface area contributed by atoms with Crippen LogP contribution in [0.3, 0.4) is 0 Å². The predicted molar refractivity (Wildman–Crippen MR) is 95.0 cm³/mol. The fourth-order valence-electron chi connectivity index (χ4n) is 2.30. The first-order chi connectivity index (χ1) is 10.9. The molecule has 0 bridgehead atoms. The second-order valence-electron chi connectivity index (χ2n) is 5.63. The molecule has 1 saturated heterocycles. The SMILES string of the molecule is CN(C)S(=O)(=O)c1cccc(NC(=O)CNCC2CCCO2)c1.Cl.